The van der Waals surface area contributed by atoms with Gasteiger partial charge >= 0.3 is 19.8 Å². The van der Waals surface area contributed by atoms with E-state index in [1.807, 2.05) is 0 Å². The molecule has 57 heavy (non-hydrogen) atoms. The van der Waals surface area contributed by atoms with Crippen LogP contribution < -0.4 is 0 Å². The summed E-state index contributed by atoms with van der Waals surface area (Å²) in [7, 11) is -4.63. The maximum atomic E-state index is 12.6. The number of aliphatic hydroxyl groups excluding tert-OH is 2. The minimum atomic E-state index is -4.63. The van der Waals surface area contributed by atoms with Gasteiger partial charge in [-0.1, -0.05) is 152 Å². The maximum Gasteiger partial charge on any atom is 0.472 e. The van der Waals surface area contributed by atoms with E-state index in [0.717, 1.165) is 64.2 Å². The zero-order valence-corrected chi connectivity index (χ0v) is 36.9. The smallest absolute Gasteiger partial charge is 0.462 e. The Balaban J connectivity index is 4.32. The van der Waals surface area contributed by atoms with Crippen LogP contribution in [-0.2, 0) is 32.7 Å². The largest absolute Gasteiger partial charge is 0.472 e. The minimum Gasteiger partial charge on any atom is -0.462 e. The highest BCUT2D eigenvalue weighted by Crippen LogP contribution is 2.43. The third-order valence-electron chi connectivity index (χ3n) is 9.46. The van der Waals surface area contributed by atoms with Gasteiger partial charge < -0.3 is 24.6 Å². The van der Waals surface area contributed by atoms with Crippen LogP contribution in [-0.4, -0.2) is 65.7 Å². The third-order valence-corrected chi connectivity index (χ3v) is 10.4. The van der Waals surface area contributed by atoms with E-state index in [1.54, 1.807) is 0 Å². The average Bonchev–Trinajstić information content (AvgIpc) is 3.20. The number of ether oxygens (including phenoxy) is 2. The van der Waals surface area contributed by atoms with Crippen molar-refractivity contribution in [3.8, 4) is 0 Å². The number of hydrogen-bond donors (Lipinski definition) is 3. The first-order valence-electron chi connectivity index (χ1n) is 22.6. The first kappa shape index (κ1) is 54.9. The average molecular weight is 827 g/mol. The molecule has 0 saturated heterocycles. The van der Waals surface area contributed by atoms with E-state index in [2.05, 4.69) is 62.5 Å². The van der Waals surface area contributed by atoms with Crippen molar-refractivity contribution in [2.24, 2.45) is 0 Å². The number of carbonyl (C=O) groups is 2. The van der Waals surface area contributed by atoms with E-state index in [1.165, 1.54) is 89.9 Å². The van der Waals surface area contributed by atoms with Crippen LogP contribution in [0, 0.1) is 0 Å². The Labute approximate surface area is 347 Å². The predicted molar refractivity (Wildman–Crippen MR) is 233 cm³/mol. The third kappa shape index (κ3) is 41.9. The fraction of sp³-hybridized carbons (Fsp3) is 0.783. The van der Waals surface area contributed by atoms with Gasteiger partial charge in [-0.15, -0.1) is 0 Å². The lowest BCUT2D eigenvalue weighted by molar-refractivity contribution is -0.161. The Morgan fingerprint density at radius 1 is 0.526 bits per heavy atom. The number of phosphoric ester groups is 1. The van der Waals surface area contributed by atoms with Gasteiger partial charge in [-0.05, 0) is 77.0 Å². The fourth-order valence-corrected chi connectivity index (χ4v) is 6.72. The standard InChI is InChI=1S/C46H83O10P/c1-3-5-7-9-11-13-15-17-19-21-23-25-27-29-31-33-35-37-45(49)53-41-44(42-55-57(51,52)54-40-43(48)39-47)56-46(50)38-36-34-32-30-28-26-24-22-20-18-16-14-12-10-8-6-4-2/h12,14,17-20,24,26,43-44,47-48H,3-11,13,15-16,21-23,25,27-42H2,1-2H3,(H,51,52)/b14-12+,19-17+,20-18+,26-24+/t43-,44+/m0/s1. The van der Waals surface area contributed by atoms with Crippen LogP contribution in [0.25, 0.3) is 0 Å². The lowest BCUT2D eigenvalue weighted by atomic mass is 10.1. The molecule has 0 fully saturated rings. The molecule has 0 radical (unpaired) electrons. The van der Waals surface area contributed by atoms with Crippen molar-refractivity contribution >= 4 is 19.8 Å². The zero-order valence-electron chi connectivity index (χ0n) is 36.0. The predicted octanol–water partition coefficient (Wildman–Crippen LogP) is 12.1. The molecule has 0 aliphatic heterocycles. The van der Waals surface area contributed by atoms with Crippen molar-refractivity contribution in [2.75, 3.05) is 26.4 Å². The summed E-state index contributed by atoms with van der Waals surface area (Å²) in [6.45, 7) is 2.32. The van der Waals surface area contributed by atoms with Crippen LogP contribution in [0.4, 0.5) is 0 Å². The Morgan fingerprint density at radius 2 is 0.912 bits per heavy atom. The first-order valence-corrected chi connectivity index (χ1v) is 24.1. The van der Waals surface area contributed by atoms with E-state index in [0.29, 0.717) is 12.8 Å². The molecule has 0 spiro atoms. The minimum absolute atomic E-state index is 0.157. The Kier molecular flexibility index (Phi) is 40.5. The highest BCUT2D eigenvalue weighted by molar-refractivity contribution is 7.47. The molecule has 0 aromatic heterocycles. The second-order valence-electron chi connectivity index (χ2n) is 15.1. The van der Waals surface area contributed by atoms with Crippen LogP contribution in [0.15, 0.2) is 48.6 Å². The first-order chi connectivity index (χ1) is 27.7. The van der Waals surface area contributed by atoms with Crippen molar-refractivity contribution in [3.05, 3.63) is 48.6 Å². The van der Waals surface area contributed by atoms with E-state index in [9.17, 15) is 24.2 Å². The van der Waals surface area contributed by atoms with Crippen LogP contribution in [0.3, 0.4) is 0 Å². The van der Waals surface area contributed by atoms with Crippen LogP contribution in [0.1, 0.15) is 194 Å². The van der Waals surface area contributed by atoms with Crippen LogP contribution in [0.5, 0.6) is 0 Å². The Bertz CT molecular complexity index is 1090. The maximum absolute atomic E-state index is 12.6. The van der Waals surface area contributed by atoms with Gasteiger partial charge in [0.15, 0.2) is 6.10 Å². The number of hydrogen-bond acceptors (Lipinski definition) is 9. The number of carbonyl (C=O) groups excluding carboxylic acids is 2. The molecule has 1 unspecified atom stereocenters. The van der Waals surface area contributed by atoms with E-state index >= 15 is 0 Å². The molecule has 0 heterocycles. The molecule has 0 saturated carbocycles. The summed E-state index contributed by atoms with van der Waals surface area (Å²) in [6, 6.07) is 0. The number of rotatable bonds is 42. The molecule has 0 rings (SSSR count). The zero-order chi connectivity index (χ0) is 41.9. The second-order valence-corrected chi connectivity index (χ2v) is 16.5. The number of esters is 2. The fourth-order valence-electron chi connectivity index (χ4n) is 5.94. The van der Waals surface area contributed by atoms with Gasteiger partial charge in [-0.25, -0.2) is 4.57 Å². The number of aliphatic hydroxyl groups is 2. The van der Waals surface area contributed by atoms with Crippen molar-refractivity contribution in [1.29, 1.82) is 0 Å². The van der Waals surface area contributed by atoms with Crippen molar-refractivity contribution in [2.45, 2.75) is 206 Å². The SMILES string of the molecule is CCCCC/C=C/C/C=C/C/C=C/CCCCCCC(=O)O[C@H](COC(=O)CCCCCCCCC/C=C/CCCCCCCC)COP(=O)(O)OC[C@@H](O)CO. The summed E-state index contributed by atoms with van der Waals surface area (Å²) in [5.74, 6) is -0.954. The summed E-state index contributed by atoms with van der Waals surface area (Å²) in [5.41, 5.74) is 0. The molecule has 3 N–H and O–H groups in total. The highest BCUT2D eigenvalue weighted by atomic mass is 31.2. The van der Waals surface area contributed by atoms with Gasteiger partial charge in [0, 0.05) is 12.8 Å². The lowest BCUT2D eigenvalue weighted by Crippen LogP contribution is -2.29. The molecular formula is C46H83O10P. The highest BCUT2D eigenvalue weighted by Gasteiger charge is 2.27. The molecule has 0 bridgehead atoms. The molecule has 10 nitrogen and oxygen atoms in total. The molecule has 3 atom stereocenters. The van der Waals surface area contributed by atoms with Gasteiger partial charge in [0.05, 0.1) is 19.8 Å². The number of phosphoric acid groups is 1. The molecule has 0 aliphatic carbocycles. The summed E-state index contributed by atoms with van der Waals surface area (Å²) >= 11 is 0. The molecule has 0 aromatic carbocycles. The van der Waals surface area contributed by atoms with Crippen LogP contribution >= 0.6 is 7.82 Å². The summed E-state index contributed by atoms with van der Waals surface area (Å²) < 4.78 is 32.7. The van der Waals surface area contributed by atoms with Crippen molar-refractivity contribution in [3.63, 3.8) is 0 Å². The van der Waals surface area contributed by atoms with Gasteiger partial charge in [-0.2, -0.15) is 0 Å². The second kappa shape index (κ2) is 42.1. The Morgan fingerprint density at radius 3 is 1.42 bits per heavy atom. The van der Waals surface area contributed by atoms with Crippen molar-refractivity contribution < 1.29 is 47.8 Å². The quantitative estimate of drug-likeness (QED) is 0.0235. The monoisotopic (exact) mass is 827 g/mol. The molecule has 332 valence electrons. The van der Waals surface area contributed by atoms with Crippen LogP contribution in [0.2, 0.25) is 0 Å². The van der Waals surface area contributed by atoms with Gasteiger partial charge in [0.2, 0.25) is 0 Å². The van der Waals surface area contributed by atoms with Gasteiger partial charge in [0.1, 0.15) is 12.7 Å². The van der Waals surface area contributed by atoms with Crippen molar-refractivity contribution in [1.82, 2.24) is 0 Å². The summed E-state index contributed by atoms with van der Waals surface area (Å²) in [5, 5.41) is 18.3. The Hall–Kier alpha value is -2.07. The van der Waals surface area contributed by atoms with E-state index in [4.69, 9.17) is 23.6 Å². The van der Waals surface area contributed by atoms with E-state index < -0.39 is 51.8 Å². The molecular weight excluding hydrogens is 743 g/mol. The molecule has 11 heteroatoms. The normalized spacial score (nSPS) is 14.3. The topological polar surface area (TPSA) is 149 Å². The molecule has 0 amide bonds. The van der Waals surface area contributed by atoms with Gasteiger partial charge in [0.25, 0.3) is 0 Å². The summed E-state index contributed by atoms with van der Waals surface area (Å²) in [4.78, 5) is 35.0. The molecule has 0 aromatic rings. The number of allylic oxidation sites excluding steroid dienone is 8. The molecule has 0 aliphatic rings. The lowest BCUT2D eigenvalue weighted by Gasteiger charge is -2.20. The van der Waals surface area contributed by atoms with E-state index in [-0.39, 0.29) is 19.4 Å². The summed E-state index contributed by atoms with van der Waals surface area (Å²) in [6.07, 6.45) is 45.0. The van der Waals surface area contributed by atoms with Gasteiger partial charge in [-0.3, -0.25) is 18.6 Å². The number of unbranched alkanes of at least 4 members (excludes halogenated alkanes) is 20.